The second kappa shape index (κ2) is 4.98. The summed E-state index contributed by atoms with van der Waals surface area (Å²) >= 11 is 0. The van der Waals surface area contributed by atoms with Gasteiger partial charge in [-0.25, -0.2) is 23.5 Å². The lowest BCUT2D eigenvalue weighted by molar-refractivity contribution is -0.110. The van der Waals surface area contributed by atoms with Crippen LogP contribution in [0.5, 0.6) is 0 Å². The van der Waals surface area contributed by atoms with Crippen LogP contribution >= 0.6 is 0 Å². The Bertz CT molecular complexity index is 1130. The number of nitrogens with one attached hydrogen (secondary N) is 2. The number of hydrogen-bond acceptors (Lipinski definition) is 5. The number of nitrogens with two attached hydrogens (primary N) is 1. The summed E-state index contributed by atoms with van der Waals surface area (Å²) in [5.41, 5.74) is 1.92. The first kappa shape index (κ1) is 14.5. The van der Waals surface area contributed by atoms with Crippen molar-refractivity contribution in [3.63, 3.8) is 0 Å². The van der Waals surface area contributed by atoms with Crippen LogP contribution in [0, 0.1) is 0 Å². The molecule has 0 aliphatic carbocycles. The van der Waals surface area contributed by atoms with Gasteiger partial charge in [0.15, 0.2) is 0 Å². The molecule has 4 N–H and O–H groups in total. The summed E-state index contributed by atoms with van der Waals surface area (Å²) in [6.07, 6.45) is 6.12. The predicted molar refractivity (Wildman–Crippen MR) is 88.2 cm³/mol. The second-order valence-electron chi connectivity index (χ2n) is 5.23. The highest BCUT2D eigenvalue weighted by Gasteiger charge is 2.26. The summed E-state index contributed by atoms with van der Waals surface area (Å²) in [6.45, 7) is 0. The Hall–Kier alpha value is -3.04. The molecule has 120 valence electrons. The lowest BCUT2D eigenvalue weighted by atomic mass is 10.1. The summed E-state index contributed by atoms with van der Waals surface area (Å²) < 4.78 is 23.6. The van der Waals surface area contributed by atoms with Gasteiger partial charge < -0.3 is 10.3 Å². The number of pyridine rings is 2. The molecule has 0 bridgehead atoms. The highest BCUT2D eigenvalue weighted by Crippen LogP contribution is 2.33. The normalized spacial score (nSPS) is 15.7. The van der Waals surface area contributed by atoms with Gasteiger partial charge in [-0.2, -0.15) is 0 Å². The molecule has 9 heteroatoms. The SMILES string of the molecule is NS(=O)(=O)c1ccnc2[nH]cc(C=C3C(=O)Nc4ncccc43)c12. The Labute approximate surface area is 136 Å². The van der Waals surface area contributed by atoms with Gasteiger partial charge in [-0.15, -0.1) is 0 Å². The van der Waals surface area contributed by atoms with Crippen LogP contribution in [0.25, 0.3) is 22.7 Å². The molecule has 1 aliphatic rings. The molecule has 3 aromatic rings. The zero-order valence-electron chi connectivity index (χ0n) is 12.1. The van der Waals surface area contributed by atoms with Crippen molar-refractivity contribution < 1.29 is 13.2 Å². The van der Waals surface area contributed by atoms with Gasteiger partial charge in [0.1, 0.15) is 11.5 Å². The zero-order valence-corrected chi connectivity index (χ0v) is 13.0. The van der Waals surface area contributed by atoms with Gasteiger partial charge in [0.2, 0.25) is 10.0 Å². The van der Waals surface area contributed by atoms with Crippen LogP contribution in [-0.4, -0.2) is 29.3 Å². The topological polar surface area (TPSA) is 131 Å². The van der Waals surface area contributed by atoms with Crippen LogP contribution in [0.1, 0.15) is 11.1 Å². The number of aromatic nitrogens is 3. The zero-order chi connectivity index (χ0) is 16.9. The monoisotopic (exact) mass is 341 g/mol. The van der Waals surface area contributed by atoms with Crippen molar-refractivity contribution in [2.75, 3.05) is 5.32 Å². The number of primary sulfonamides is 1. The smallest absolute Gasteiger partial charge is 0.257 e. The third kappa shape index (κ3) is 2.18. The van der Waals surface area contributed by atoms with Crippen molar-refractivity contribution in [2.24, 2.45) is 5.14 Å². The highest BCUT2D eigenvalue weighted by molar-refractivity contribution is 7.89. The first-order valence-electron chi connectivity index (χ1n) is 6.92. The molecule has 0 saturated carbocycles. The molecule has 24 heavy (non-hydrogen) atoms. The first-order chi connectivity index (χ1) is 11.4. The maximum absolute atomic E-state index is 12.2. The number of carbonyl (C=O) groups excluding carboxylic acids is 1. The van der Waals surface area contributed by atoms with E-state index in [1.807, 2.05) is 0 Å². The van der Waals surface area contributed by atoms with E-state index in [2.05, 4.69) is 20.3 Å². The minimum atomic E-state index is -3.93. The lowest BCUT2D eigenvalue weighted by Crippen LogP contribution is -2.12. The van der Waals surface area contributed by atoms with Gasteiger partial charge in [0.25, 0.3) is 5.91 Å². The van der Waals surface area contributed by atoms with Crippen LogP contribution < -0.4 is 10.5 Å². The minimum absolute atomic E-state index is 0.0505. The standard InChI is InChI=1S/C15H11N5O3S/c16-24(22,23)11-3-5-18-14-12(11)8(7-19-14)6-10-9-2-1-4-17-13(9)20-15(10)21/h1-7H,(H,18,19)(H2,16,22,23)(H,17,20,21). The number of H-pyrrole nitrogens is 1. The summed E-state index contributed by atoms with van der Waals surface area (Å²) in [5, 5.41) is 8.29. The maximum atomic E-state index is 12.2. The Kier molecular flexibility index (Phi) is 3.02. The van der Waals surface area contributed by atoms with E-state index in [0.717, 1.165) is 0 Å². The van der Waals surface area contributed by atoms with E-state index >= 15 is 0 Å². The fraction of sp³-hybridized carbons (Fsp3) is 0. The van der Waals surface area contributed by atoms with Crippen molar-refractivity contribution in [3.8, 4) is 0 Å². The van der Waals surface area contributed by atoms with Crippen LogP contribution in [0.3, 0.4) is 0 Å². The molecule has 8 nitrogen and oxygen atoms in total. The maximum Gasteiger partial charge on any atom is 0.257 e. The van der Waals surface area contributed by atoms with Gasteiger partial charge in [0, 0.05) is 35.1 Å². The van der Waals surface area contributed by atoms with Crippen molar-refractivity contribution in [1.82, 2.24) is 15.0 Å². The van der Waals surface area contributed by atoms with E-state index in [1.165, 1.54) is 12.3 Å². The van der Waals surface area contributed by atoms with E-state index < -0.39 is 10.0 Å². The average Bonchev–Trinajstić information content (AvgIpc) is 3.08. The number of fused-ring (bicyclic) bond motifs is 2. The molecule has 0 saturated heterocycles. The summed E-state index contributed by atoms with van der Waals surface area (Å²) in [5.74, 6) is 0.164. The molecule has 4 rings (SSSR count). The Balaban J connectivity index is 1.98. The van der Waals surface area contributed by atoms with E-state index in [4.69, 9.17) is 5.14 Å². The quantitative estimate of drug-likeness (QED) is 0.601. The molecule has 0 unspecified atom stereocenters. The molecule has 3 aromatic heterocycles. The van der Waals surface area contributed by atoms with Crippen LogP contribution in [0.4, 0.5) is 5.82 Å². The Morgan fingerprint density at radius 2 is 2.00 bits per heavy atom. The van der Waals surface area contributed by atoms with Crippen LogP contribution in [-0.2, 0) is 14.8 Å². The first-order valence-corrected chi connectivity index (χ1v) is 8.47. The summed E-state index contributed by atoms with van der Waals surface area (Å²) in [4.78, 5) is 23.2. The minimum Gasteiger partial charge on any atom is -0.345 e. The van der Waals surface area contributed by atoms with Crippen molar-refractivity contribution in [1.29, 1.82) is 0 Å². The number of amides is 1. The largest absolute Gasteiger partial charge is 0.345 e. The van der Waals surface area contributed by atoms with Gasteiger partial charge in [-0.1, -0.05) is 0 Å². The molecule has 0 aromatic carbocycles. The number of rotatable bonds is 2. The molecule has 1 aliphatic heterocycles. The summed E-state index contributed by atoms with van der Waals surface area (Å²) in [6, 6.07) is 4.82. The number of sulfonamides is 1. The van der Waals surface area contributed by atoms with Gasteiger partial charge >= 0.3 is 0 Å². The van der Waals surface area contributed by atoms with Crippen LogP contribution in [0.2, 0.25) is 0 Å². The number of aromatic amines is 1. The van der Waals surface area contributed by atoms with Gasteiger partial charge in [-0.3, -0.25) is 4.79 Å². The number of nitrogens with zero attached hydrogens (tertiary/aromatic N) is 2. The average molecular weight is 341 g/mol. The summed E-state index contributed by atoms with van der Waals surface area (Å²) in [7, 11) is -3.93. The number of carbonyl (C=O) groups is 1. The fourth-order valence-corrected chi connectivity index (χ4v) is 3.47. The van der Waals surface area contributed by atoms with E-state index in [9.17, 15) is 13.2 Å². The number of hydrogen-bond donors (Lipinski definition) is 3. The fourth-order valence-electron chi connectivity index (χ4n) is 2.72. The van der Waals surface area contributed by atoms with E-state index in [0.29, 0.717) is 33.6 Å². The molecule has 1 amide bonds. The number of anilines is 1. The Morgan fingerprint density at radius 1 is 1.17 bits per heavy atom. The third-order valence-electron chi connectivity index (χ3n) is 3.75. The molecular weight excluding hydrogens is 330 g/mol. The van der Waals surface area contributed by atoms with Gasteiger partial charge in [-0.05, 0) is 24.3 Å². The second-order valence-corrected chi connectivity index (χ2v) is 6.76. The Morgan fingerprint density at radius 3 is 2.79 bits per heavy atom. The molecule has 0 spiro atoms. The molecule has 0 fully saturated rings. The van der Waals surface area contributed by atoms with Crippen molar-refractivity contribution in [3.05, 3.63) is 47.9 Å². The molecule has 0 atom stereocenters. The lowest BCUT2D eigenvalue weighted by Gasteiger charge is -2.02. The van der Waals surface area contributed by atoms with E-state index in [-0.39, 0.29) is 10.8 Å². The predicted octanol–water partition coefficient (Wildman–Crippen LogP) is 1.10. The van der Waals surface area contributed by atoms with Crippen molar-refractivity contribution >= 4 is 44.4 Å². The highest BCUT2D eigenvalue weighted by atomic mass is 32.2. The molecule has 0 radical (unpaired) electrons. The van der Waals surface area contributed by atoms with E-state index in [1.54, 1.807) is 30.6 Å². The van der Waals surface area contributed by atoms with Gasteiger partial charge in [0.05, 0.1) is 10.5 Å². The molecular formula is C15H11N5O3S. The third-order valence-corrected chi connectivity index (χ3v) is 4.70. The molecule has 4 heterocycles. The van der Waals surface area contributed by atoms with Crippen LogP contribution in [0.15, 0.2) is 41.7 Å². The van der Waals surface area contributed by atoms with Crippen molar-refractivity contribution in [2.45, 2.75) is 4.90 Å².